The molecule has 0 aromatic heterocycles. The summed E-state index contributed by atoms with van der Waals surface area (Å²) >= 11 is 0. The van der Waals surface area contributed by atoms with Crippen molar-refractivity contribution >= 4 is 5.91 Å². The lowest BCUT2D eigenvalue weighted by Crippen LogP contribution is -2.75. The summed E-state index contributed by atoms with van der Waals surface area (Å²) < 4.78 is 0. The summed E-state index contributed by atoms with van der Waals surface area (Å²) in [7, 11) is 1.99. The van der Waals surface area contributed by atoms with Gasteiger partial charge in [-0.15, -0.1) is 0 Å². The minimum atomic E-state index is -0.954. The minimum Gasteiger partial charge on any atom is -0.388 e. The average molecular weight is 270 g/mol. The van der Waals surface area contributed by atoms with Gasteiger partial charge in [-0.05, 0) is 62.4 Å². The first-order chi connectivity index (χ1) is 8.15. The van der Waals surface area contributed by atoms with E-state index in [-0.39, 0.29) is 11.4 Å². The van der Waals surface area contributed by atoms with E-state index < -0.39 is 16.7 Å². The number of hydrogen-bond donors (Lipinski definition) is 1. The standard InChI is InChI=1S/C15H30N2O2/c1-12(2)10-17(14(5,6)15(7,8)19)11(18)13(3,4)16(12)9/h19H,10H2,1-9H3. The lowest BCUT2D eigenvalue weighted by Gasteiger charge is -2.59. The van der Waals surface area contributed by atoms with Gasteiger partial charge >= 0.3 is 0 Å². The van der Waals surface area contributed by atoms with Gasteiger partial charge in [0.25, 0.3) is 0 Å². The van der Waals surface area contributed by atoms with Gasteiger partial charge in [0.05, 0.1) is 16.7 Å². The van der Waals surface area contributed by atoms with Crippen LogP contribution < -0.4 is 0 Å². The van der Waals surface area contributed by atoms with Gasteiger partial charge in [0.1, 0.15) is 0 Å². The van der Waals surface area contributed by atoms with Crippen LogP contribution in [0.15, 0.2) is 0 Å². The molecule has 0 bridgehead atoms. The van der Waals surface area contributed by atoms with Gasteiger partial charge in [0.2, 0.25) is 5.91 Å². The van der Waals surface area contributed by atoms with Gasteiger partial charge in [-0.25, -0.2) is 0 Å². The Bertz CT molecular complexity index is 378. The monoisotopic (exact) mass is 270 g/mol. The van der Waals surface area contributed by atoms with Crippen molar-refractivity contribution in [3.8, 4) is 0 Å². The molecule has 1 aliphatic rings. The van der Waals surface area contributed by atoms with E-state index in [1.165, 1.54) is 0 Å². The smallest absolute Gasteiger partial charge is 0.243 e. The zero-order valence-corrected chi connectivity index (χ0v) is 14.0. The Morgan fingerprint density at radius 2 is 1.53 bits per heavy atom. The number of nitrogens with zero attached hydrogens (tertiary/aromatic N) is 2. The highest BCUT2D eigenvalue weighted by Gasteiger charge is 2.54. The highest BCUT2D eigenvalue weighted by molar-refractivity contribution is 5.87. The molecule has 0 aliphatic carbocycles. The summed E-state index contributed by atoms with van der Waals surface area (Å²) in [5.74, 6) is 0.0708. The number of hydrogen-bond acceptors (Lipinski definition) is 3. The zero-order chi connectivity index (χ0) is 15.4. The number of carbonyl (C=O) groups is 1. The number of piperazine rings is 1. The van der Waals surface area contributed by atoms with Crippen LogP contribution in [0.1, 0.15) is 55.4 Å². The van der Waals surface area contributed by atoms with Crippen molar-refractivity contribution < 1.29 is 9.90 Å². The molecule has 0 spiro atoms. The van der Waals surface area contributed by atoms with Gasteiger partial charge in [0.15, 0.2) is 0 Å². The van der Waals surface area contributed by atoms with Crippen LogP contribution in [0, 0.1) is 0 Å². The van der Waals surface area contributed by atoms with Crippen molar-refractivity contribution in [3.05, 3.63) is 0 Å². The van der Waals surface area contributed by atoms with Crippen molar-refractivity contribution in [1.82, 2.24) is 9.80 Å². The van der Waals surface area contributed by atoms with Crippen LogP contribution in [0.25, 0.3) is 0 Å². The van der Waals surface area contributed by atoms with Crippen LogP contribution in [0.5, 0.6) is 0 Å². The van der Waals surface area contributed by atoms with E-state index >= 15 is 0 Å². The molecule has 4 heteroatoms. The minimum absolute atomic E-state index is 0.0708. The largest absolute Gasteiger partial charge is 0.388 e. The molecule has 1 N–H and O–H groups in total. The number of carbonyl (C=O) groups excluding carboxylic acids is 1. The number of aliphatic hydroxyl groups is 1. The predicted molar refractivity (Wildman–Crippen MR) is 78.0 cm³/mol. The summed E-state index contributed by atoms with van der Waals surface area (Å²) in [4.78, 5) is 16.8. The first kappa shape index (κ1) is 16.4. The van der Waals surface area contributed by atoms with Gasteiger partial charge in [-0.2, -0.15) is 0 Å². The fourth-order valence-corrected chi connectivity index (χ4v) is 2.58. The lowest BCUT2D eigenvalue weighted by atomic mass is 9.78. The van der Waals surface area contributed by atoms with E-state index in [0.29, 0.717) is 6.54 Å². The van der Waals surface area contributed by atoms with Gasteiger partial charge in [-0.1, -0.05) is 0 Å². The van der Waals surface area contributed by atoms with Crippen molar-refractivity contribution in [2.75, 3.05) is 13.6 Å². The average Bonchev–Trinajstić information content (AvgIpc) is 2.20. The third-order valence-corrected chi connectivity index (χ3v) is 5.23. The van der Waals surface area contributed by atoms with Crippen molar-refractivity contribution in [2.45, 2.75) is 77.6 Å². The van der Waals surface area contributed by atoms with Crippen LogP contribution in [0.3, 0.4) is 0 Å². The molecule has 4 nitrogen and oxygen atoms in total. The number of likely N-dealkylation sites (N-methyl/N-ethyl adjacent to an activating group) is 1. The van der Waals surface area contributed by atoms with E-state index in [9.17, 15) is 9.90 Å². The highest BCUT2D eigenvalue weighted by Crippen LogP contribution is 2.38. The Labute approximate surface area is 117 Å². The molecule has 1 fully saturated rings. The molecule has 1 aliphatic heterocycles. The fourth-order valence-electron chi connectivity index (χ4n) is 2.58. The molecular formula is C15H30N2O2. The van der Waals surface area contributed by atoms with E-state index in [2.05, 4.69) is 18.7 Å². The normalized spacial score (nSPS) is 24.7. The first-order valence-corrected chi connectivity index (χ1v) is 6.94. The molecule has 19 heavy (non-hydrogen) atoms. The summed E-state index contributed by atoms with van der Waals surface area (Å²) in [5.41, 5.74) is -2.26. The molecule has 112 valence electrons. The van der Waals surface area contributed by atoms with E-state index in [4.69, 9.17) is 0 Å². The molecular weight excluding hydrogens is 240 g/mol. The Morgan fingerprint density at radius 3 is 1.89 bits per heavy atom. The Balaban J connectivity index is 3.28. The summed E-state index contributed by atoms with van der Waals surface area (Å²) in [6.07, 6.45) is 0. The SMILES string of the molecule is CN1C(C)(C)CN(C(C)(C)C(C)(C)O)C(=O)C1(C)C. The second-order valence-corrected chi connectivity index (χ2v) is 7.94. The molecule has 0 unspecified atom stereocenters. The second kappa shape index (κ2) is 4.19. The Morgan fingerprint density at radius 1 is 1.11 bits per heavy atom. The van der Waals surface area contributed by atoms with E-state index in [1.807, 2.05) is 39.6 Å². The highest BCUT2D eigenvalue weighted by atomic mass is 16.3. The first-order valence-electron chi connectivity index (χ1n) is 6.94. The quantitative estimate of drug-likeness (QED) is 0.833. The van der Waals surface area contributed by atoms with Crippen LogP contribution >= 0.6 is 0 Å². The van der Waals surface area contributed by atoms with Gasteiger partial charge in [0, 0.05) is 12.1 Å². The van der Waals surface area contributed by atoms with Crippen molar-refractivity contribution in [3.63, 3.8) is 0 Å². The van der Waals surface area contributed by atoms with Gasteiger partial charge in [-0.3, -0.25) is 9.69 Å². The molecule has 0 radical (unpaired) electrons. The van der Waals surface area contributed by atoms with Crippen LogP contribution in [0.2, 0.25) is 0 Å². The summed E-state index contributed by atoms with van der Waals surface area (Å²) in [6.45, 7) is 16.2. The van der Waals surface area contributed by atoms with Crippen LogP contribution in [-0.2, 0) is 4.79 Å². The Kier molecular flexibility index (Phi) is 3.63. The molecule has 1 amide bonds. The van der Waals surface area contributed by atoms with Crippen molar-refractivity contribution in [2.24, 2.45) is 0 Å². The lowest BCUT2D eigenvalue weighted by molar-refractivity contribution is -0.178. The maximum absolute atomic E-state index is 12.8. The molecule has 1 rings (SSSR count). The molecule has 0 atom stereocenters. The van der Waals surface area contributed by atoms with Crippen LogP contribution in [0.4, 0.5) is 0 Å². The maximum atomic E-state index is 12.8. The van der Waals surface area contributed by atoms with Crippen LogP contribution in [-0.4, -0.2) is 56.6 Å². The number of amides is 1. The summed E-state index contributed by atoms with van der Waals surface area (Å²) in [6, 6.07) is 0. The molecule has 0 aromatic carbocycles. The number of rotatable bonds is 2. The fraction of sp³-hybridized carbons (Fsp3) is 0.933. The third-order valence-electron chi connectivity index (χ3n) is 5.23. The Hall–Kier alpha value is -0.610. The summed E-state index contributed by atoms with van der Waals surface area (Å²) in [5, 5.41) is 10.4. The molecule has 0 aromatic rings. The molecule has 1 heterocycles. The third kappa shape index (κ3) is 2.40. The maximum Gasteiger partial charge on any atom is 0.243 e. The zero-order valence-electron chi connectivity index (χ0n) is 14.0. The predicted octanol–water partition coefficient (Wildman–Crippen LogP) is 1.87. The molecule has 1 saturated heterocycles. The van der Waals surface area contributed by atoms with E-state index in [1.54, 1.807) is 13.8 Å². The van der Waals surface area contributed by atoms with Gasteiger partial charge < -0.3 is 10.0 Å². The molecule has 0 saturated carbocycles. The van der Waals surface area contributed by atoms with E-state index in [0.717, 1.165) is 0 Å². The topological polar surface area (TPSA) is 43.8 Å². The van der Waals surface area contributed by atoms with Crippen molar-refractivity contribution in [1.29, 1.82) is 0 Å². The second-order valence-electron chi connectivity index (χ2n) is 7.94.